The van der Waals surface area contributed by atoms with Gasteiger partial charge in [-0.3, -0.25) is 14.5 Å². The second kappa shape index (κ2) is 12.0. The SMILES string of the molecule is C=CCOC(=O)c1sc(N2C(=O)C(=O)/C(=C(/O)c3cccc(OCCCC)c3)C2c2ccccc2F)nc1C. The Bertz CT molecular complexity index is 1460. The number of unbranched alkanes of at least 4 members (excludes halogenated alkanes) is 1. The Hall–Kier alpha value is -4.31. The fourth-order valence-corrected chi connectivity index (χ4v) is 5.11. The van der Waals surface area contributed by atoms with E-state index in [2.05, 4.69) is 11.6 Å². The fourth-order valence-electron chi connectivity index (χ4n) is 4.12. The highest BCUT2D eigenvalue weighted by atomic mass is 32.1. The van der Waals surface area contributed by atoms with Gasteiger partial charge in [0.25, 0.3) is 5.78 Å². The van der Waals surface area contributed by atoms with Crippen molar-refractivity contribution in [3.05, 3.63) is 94.3 Å². The van der Waals surface area contributed by atoms with Crippen LogP contribution in [0.5, 0.6) is 5.75 Å². The van der Waals surface area contributed by atoms with E-state index in [0.29, 0.717) is 12.4 Å². The number of aromatic nitrogens is 1. The number of benzene rings is 2. The van der Waals surface area contributed by atoms with Crippen molar-refractivity contribution in [1.82, 2.24) is 4.98 Å². The van der Waals surface area contributed by atoms with E-state index in [4.69, 9.17) is 9.47 Å². The van der Waals surface area contributed by atoms with Crippen molar-refractivity contribution in [2.45, 2.75) is 32.7 Å². The molecule has 2 heterocycles. The third-order valence-electron chi connectivity index (χ3n) is 6.03. The van der Waals surface area contributed by atoms with E-state index in [1.54, 1.807) is 37.3 Å². The summed E-state index contributed by atoms with van der Waals surface area (Å²) in [6.45, 7) is 7.55. The molecule has 0 bridgehead atoms. The number of aliphatic hydroxyl groups is 1. The number of amides is 1. The molecule has 1 atom stereocenters. The number of nitrogens with zero attached hydrogens (tertiary/aromatic N) is 2. The third-order valence-corrected chi connectivity index (χ3v) is 7.16. The standard InChI is InChI=1S/C29H27FN2O6S/c1-4-6-15-37-19-11-9-10-18(16-19)24(33)22-23(20-12-7-8-13-21(20)30)32(27(35)25(22)34)29-31-17(3)26(39-29)28(36)38-14-5-2/h5,7-13,16,23,33H,2,4,6,14-15H2,1,3H3/b24-22+. The van der Waals surface area contributed by atoms with E-state index >= 15 is 4.39 Å². The number of Topliss-reactive ketones (excluding diaryl/α,β-unsaturated/α-hetero) is 1. The van der Waals surface area contributed by atoms with Crippen molar-refractivity contribution < 1.29 is 33.4 Å². The maximum Gasteiger partial charge on any atom is 0.350 e. The van der Waals surface area contributed by atoms with Crippen LogP contribution < -0.4 is 9.64 Å². The molecule has 3 aromatic rings. The first kappa shape index (κ1) is 27.7. The van der Waals surface area contributed by atoms with Crippen molar-refractivity contribution >= 4 is 39.9 Å². The number of hydrogen-bond acceptors (Lipinski definition) is 8. The van der Waals surface area contributed by atoms with Gasteiger partial charge in [0, 0.05) is 11.1 Å². The van der Waals surface area contributed by atoms with Crippen LogP contribution in [0.4, 0.5) is 9.52 Å². The van der Waals surface area contributed by atoms with Crippen LogP contribution in [0.25, 0.3) is 5.76 Å². The van der Waals surface area contributed by atoms with Crippen LogP contribution in [0, 0.1) is 12.7 Å². The molecule has 8 nitrogen and oxygen atoms in total. The first-order valence-electron chi connectivity index (χ1n) is 12.3. The van der Waals surface area contributed by atoms with Crippen LogP contribution >= 0.6 is 11.3 Å². The third kappa shape index (κ3) is 5.61. The highest BCUT2D eigenvalue weighted by molar-refractivity contribution is 7.17. The lowest BCUT2D eigenvalue weighted by Gasteiger charge is -2.23. The molecule has 0 saturated carbocycles. The Morgan fingerprint density at radius 2 is 2.00 bits per heavy atom. The minimum absolute atomic E-state index is 0.0101. The average molecular weight is 551 g/mol. The minimum atomic E-state index is -1.33. The summed E-state index contributed by atoms with van der Waals surface area (Å²) in [7, 11) is 0. The van der Waals surface area contributed by atoms with E-state index in [0.717, 1.165) is 29.1 Å². The number of thiazole rings is 1. The van der Waals surface area contributed by atoms with Crippen molar-refractivity contribution in [2.24, 2.45) is 0 Å². The van der Waals surface area contributed by atoms with Crippen LogP contribution in [0.15, 0.2) is 66.8 Å². The summed E-state index contributed by atoms with van der Waals surface area (Å²) < 4.78 is 26.0. The van der Waals surface area contributed by atoms with Gasteiger partial charge in [-0.2, -0.15) is 0 Å². The molecule has 39 heavy (non-hydrogen) atoms. The minimum Gasteiger partial charge on any atom is -0.507 e. The van der Waals surface area contributed by atoms with Gasteiger partial charge in [-0.15, -0.1) is 0 Å². The summed E-state index contributed by atoms with van der Waals surface area (Å²) in [6.07, 6.45) is 3.19. The van der Waals surface area contributed by atoms with Gasteiger partial charge in [-0.05, 0) is 31.5 Å². The van der Waals surface area contributed by atoms with E-state index in [-0.39, 0.29) is 39.0 Å². The molecule has 0 spiro atoms. The van der Waals surface area contributed by atoms with Gasteiger partial charge in [0.1, 0.15) is 34.9 Å². The van der Waals surface area contributed by atoms with Crippen molar-refractivity contribution in [2.75, 3.05) is 18.1 Å². The van der Waals surface area contributed by atoms with Gasteiger partial charge in [0.2, 0.25) is 0 Å². The summed E-state index contributed by atoms with van der Waals surface area (Å²) in [4.78, 5) is 44.7. The highest BCUT2D eigenvalue weighted by Crippen LogP contribution is 2.44. The number of rotatable bonds is 10. The zero-order valence-corrected chi connectivity index (χ0v) is 22.3. The summed E-state index contributed by atoms with van der Waals surface area (Å²) in [5, 5.41) is 11.3. The van der Waals surface area contributed by atoms with Crippen LogP contribution in [0.1, 0.15) is 52.3 Å². The predicted molar refractivity (Wildman–Crippen MR) is 145 cm³/mol. The number of hydrogen-bond donors (Lipinski definition) is 1. The summed E-state index contributed by atoms with van der Waals surface area (Å²) in [5.41, 5.74) is 0.180. The van der Waals surface area contributed by atoms with E-state index in [1.165, 1.54) is 24.3 Å². The molecule has 0 aliphatic carbocycles. The van der Waals surface area contributed by atoms with Crippen LogP contribution in [0.3, 0.4) is 0 Å². The highest BCUT2D eigenvalue weighted by Gasteiger charge is 2.49. The number of halogens is 1. The number of ketones is 1. The first-order valence-corrected chi connectivity index (χ1v) is 13.1. The smallest absolute Gasteiger partial charge is 0.350 e. The first-order chi connectivity index (χ1) is 18.8. The Morgan fingerprint density at radius 3 is 2.72 bits per heavy atom. The molecule has 1 aliphatic heterocycles. The maximum absolute atomic E-state index is 15.1. The van der Waals surface area contributed by atoms with Crippen molar-refractivity contribution in [1.29, 1.82) is 0 Å². The molecule has 0 radical (unpaired) electrons. The number of anilines is 1. The zero-order chi connectivity index (χ0) is 28.1. The summed E-state index contributed by atoms with van der Waals surface area (Å²) >= 11 is 0.835. The Kier molecular flexibility index (Phi) is 8.55. The Morgan fingerprint density at radius 1 is 1.23 bits per heavy atom. The number of carbonyl (C=O) groups is 3. The maximum atomic E-state index is 15.1. The zero-order valence-electron chi connectivity index (χ0n) is 21.5. The number of ether oxygens (including phenoxy) is 2. The Labute approximate surface area is 229 Å². The van der Waals surface area contributed by atoms with E-state index in [1.807, 2.05) is 6.92 Å². The topological polar surface area (TPSA) is 106 Å². The van der Waals surface area contributed by atoms with Gasteiger partial charge in [0.15, 0.2) is 5.13 Å². The van der Waals surface area contributed by atoms with Crippen LogP contribution in [-0.4, -0.2) is 41.0 Å². The largest absolute Gasteiger partial charge is 0.507 e. The number of esters is 1. The molecule has 1 N–H and O–H groups in total. The molecule has 1 aliphatic rings. The van der Waals surface area contributed by atoms with Gasteiger partial charge in [-0.1, -0.05) is 67.7 Å². The fraction of sp³-hybridized carbons (Fsp3) is 0.241. The monoisotopic (exact) mass is 550 g/mol. The molecule has 1 aromatic heterocycles. The van der Waals surface area contributed by atoms with Gasteiger partial charge >= 0.3 is 11.9 Å². The quantitative estimate of drug-likeness (QED) is 0.0857. The van der Waals surface area contributed by atoms with Crippen LogP contribution in [0.2, 0.25) is 0 Å². The number of aryl methyl sites for hydroxylation is 1. The molecular formula is C29H27FN2O6S. The molecule has 1 unspecified atom stereocenters. The lowest BCUT2D eigenvalue weighted by atomic mass is 9.95. The predicted octanol–water partition coefficient (Wildman–Crippen LogP) is 5.74. The molecule has 202 valence electrons. The van der Waals surface area contributed by atoms with Gasteiger partial charge in [0.05, 0.1) is 17.9 Å². The van der Waals surface area contributed by atoms with E-state index in [9.17, 15) is 19.5 Å². The molecular weight excluding hydrogens is 523 g/mol. The number of aliphatic hydroxyl groups excluding tert-OH is 1. The van der Waals surface area contributed by atoms with Crippen LogP contribution in [-0.2, 0) is 14.3 Å². The average Bonchev–Trinajstić information content (AvgIpc) is 3.44. The molecule has 10 heteroatoms. The lowest BCUT2D eigenvalue weighted by Crippen LogP contribution is -2.29. The second-order valence-corrected chi connectivity index (χ2v) is 9.70. The lowest BCUT2D eigenvalue weighted by molar-refractivity contribution is -0.132. The molecule has 1 saturated heterocycles. The van der Waals surface area contributed by atoms with Gasteiger partial charge < -0.3 is 14.6 Å². The second-order valence-electron chi connectivity index (χ2n) is 8.72. The summed E-state index contributed by atoms with van der Waals surface area (Å²) in [5.74, 6) is -3.39. The Balaban J connectivity index is 1.84. The summed E-state index contributed by atoms with van der Waals surface area (Å²) in [6, 6.07) is 10.8. The van der Waals surface area contributed by atoms with Crippen molar-refractivity contribution in [3.63, 3.8) is 0 Å². The molecule has 1 amide bonds. The van der Waals surface area contributed by atoms with E-state index < -0.39 is 35.3 Å². The normalized spacial score (nSPS) is 16.4. The van der Waals surface area contributed by atoms with Gasteiger partial charge in [-0.25, -0.2) is 14.2 Å². The molecule has 2 aromatic carbocycles. The number of carbonyl (C=O) groups excluding carboxylic acids is 3. The molecule has 4 rings (SSSR count). The van der Waals surface area contributed by atoms with Crippen molar-refractivity contribution in [3.8, 4) is 5.75 Å². The molecule has 1 fully saturated rings.